The van der Waals surface area contributed by atoms with Crippen LogP contribution in [0.3, 0.4) is 0 Å². The van der Waals surface area contributed by atoms with Crippen molar-refractivity contribution in [3.8, 4) is 0 Å². The summed E-state index contributed by atoms with van der Waals surface area (Å²) in [7, 11) is 0. The molecular formula is C20H29ClFIN4O. The van der Waals surface area contributed by atoms with Gasteiger partial charge in [-0.3, -0.25) is 4.99 Å². The standard InChI is InChI=1S/C20H28ClFN4O.HI/c1-6-23-19(24-10-9-16-13(2)26-27-14(16)3)25-12-20(4,5)17-8-7-15(22)11-18(17)21;/h7-8,11H,6,9-10,12H2,1-5H3,(H2,23,24,25);1H. The Balaban J connectivity index is 0.00000392. The van der Waals surface area contributed by atoms with E-state index in [1.807, 2.05) is 34.6 Å². The zero-order valence-corrected chi connectivity index (χ0v) is 20.1. The predicted octanol–water partition coefficient (Wildman–Crippen LogP) is 4.78. The van der Waals surface area contributed by atoms with Crippen molar-refractivity contribution in [1.29, 1.82) is 0 Å². The summed E-state index contributed by atoms with van der Waals surface area (Å²) in [5, 5.41) is 11.0. The number of aliphatic imine (C=N–C) groups is 1. The highest BCUT2D eigenvalue weighted by Crippen LogP contribution is 2.30. The van der Waals surface area contributed by atoms with Gasteiger partial charge in [-0.25, -0.2) is 4.39 Å². The Labute approximate surface area is 188 Å². The van der Waals surface area contributed by atoms with E-state index in [-0.39, 0.29) is 35.2 Å². The molecule has 2 rings (SSSR count). The first-order valence-corrected chi connectivity index (χ1v) is 9.52. The number of rotatable bonds is 7. The Morgan fingerprint density at radius 2 is 2.00 bits per heavy atom. The molecule has 0 bridgehead atoms. The number of aromatic nitrogens is 1. The minimum absolute atomic E-state index is 0. The summed E-state index contributed by atoms with van der Waals surface area (Å²) in [5.41, 5.74) is 2.59. The van der Waals surface area contributed by atoms with Gasteiger partial charge in [-0.15, -0.1) is 24.0 Å². The summed E-state index contributed by atoms with van der Waals surface area (Å²) in [6.45, 7) is 12.0. The topological polar surface area (TPSA) is 62.5 Å². The maximum atomic E-state index is 13.3. The third-order valence-electron chi connectivity index (χ3n) is 4.49. The Kier molecular flexibility index (Phi) is 9.69. The minimum atomic E-state index is -0.336. The lowest BCUT2D eigenvalue weighted by Crippen LogP contribution is -2.39. The number of benzene rings is 1. The molecule has 0 radical (unpaired) electrons. The summed E-state index contributed by atoms with van der Waals surface area (Å²) in [5.74, 6) is 1.25. The van der Waals surface area contributed by atoms with Crippen molar-refractivity contribution in [2.75, 3.05) is 19.6 Å². The number of halogens is 3. The largest absolute Gasteiger partial charge is 0.361 e. The van der Waals surface area contributed by atoms with Gasteiger partial charge < -0.3 is 15.2 Å². The van der Waals surface area contributed by atoms with Crippen molar-refractivity contribution in [3.63, 3.8) is 0 Å². The minimum Gasteiger partial charge on any atom is -0.361 e. The van der Waals surface area contributed by atoms with Crippen LogP contribution in [0.2, 0.25) is 5.02 Å². The Morgan fingerprint density at radius 1 is 1.29 bits per heavy atom. The Hall–Kier alpha value is -1.35. The lowest BCUT2D eigenvalue weighted by atomic mass is 9.84. The quantitative estimate of drug-likeness (QED) is 0.312. The molecule has 5 nitrogen and oxygen atoms in total. The first kappa shape index (κ1) is 24.7. The number of hydrogen-bond acceptors (Lipinski definition) is 3. The van der Waals surface area contributed by atoms with Crippen LogP contribution in [0, 0.1) is 19.7 Å². The number of nitrogens with zero attached hydrogens (tertiary/aromatic N) is 2. The molecule has 0 spiro atoms. The summed E-state index contributed by atoms with van der Waals surface area (Å²) in [6, 6.07) is 4.50. The molecule has 0 aliphatic heterocycles. The lowest BCUT2D eigenvalue weighted by molar-refractivity contribution is 0.392. The van der Waals surface area contributed by atoms with Crippen LogP contribution in [0.5, 0.6) is 0 Å². The number of aryl methyl sites for hydroxylation is 2. The monoisotopic (exact) mass is 522 g/mol. The lowest BCUT2D eigenvalue weighted by Gasteiger charge is -2.25. The normalized spacial score (nSPS) is 11.9. The van der Waals surface area contributed by atoms with E-state index in [0.717, 1.165) is 41.5 Å². The smallest absolute Gasteiger partial charge is 0.191 e. The van der Waals surface area contributed by atoms with E-state index in [9.17, 15) is 4.39 Å². The molecule has 156 valence electrons. The maximum absolute atomic E-state index is 13.3. The second-order valence-electron chi connectivity index (χ2n) is 7.18. The molecule has 8 heteroatoms. The fourth-order valence-electron chi connectivity index (χ4n) is 2.91. The summed E-state index contributed by atoms with van der Waals surface area (Å²) in [4.78, 5) is 4.69. The van der Waals surface area contributed by atoms with Crippen molar-refractivity contribution in [3.05, 3.63) is 51.6 Å². The molecule has 0 unspecified atom stereocenters. The summed E-state index contributed by atoms with van der Waals surface area (Å²) < 4.78 is 18.5. The number of guanidine groups is 1. The van der Waals surface area contributed by atoms with E-state index < -0.39 is 0 Å². The fourth-order valence-corrected chi connectivity index (χ4v) is 3.33. The van der Waals surface area contributed by atoms with Gasteiger partial charge in [0.15, 0.2) is 5.96 Å². The molecule has 0 fully saturated rings. The van der Waals surface area contributed by atoms with Gasteiger partial charge in [0.2, 0.25) is 0 Å². The highest BCUT2D eigenvalue weighted by molar-refractivity contribution is 14.0. The SMILES string of the molecule is CCNC(=NCC(C)(C)c1ccc(F)cc1Cl)NCCc1c(C)noc1C.I. The Morgan fingerprint density at radius 3 is 2.57 bits per heavy atom. The van der Waals surface area contributed by atoms with Crippen LogP contribution in [-0.4, -0.2) is 30.8 Å². The van der Waals surface area contributed by atoms with Gasteiger partial charge in [0.1, 0.15) is 11.6 Å². The van der Waals surface area contributed by atoms with Gasteiger partial charge in [0.25, 0.3) is 0 Å². The van der Waals surface area contributed by atoms with Crippen LogP contribution in [0.25, 0.3) is 0 Å². The second-order valence-corrected chi connectivity index (χ2v) is 7.59. The Bertz CT molecular complexity index is 788. The van der Waals surface area contributed by atoms with Crippen LogP contribution < -0.4 is 10.6 Å². The summed E-state index contributed by atoms with van der Waals surface area (Å²) >= 11 is 6.23. The average Bonchev–Trinajstić information content (AvgIpc) is 2.91. The molecule has 2 aromatic rings. The van der Waals surface area contributed by atoms with Crippen molar-refractivity contribution in [1.82, 2.24) is 15.8 Å². The highest BCUT2D eigenvalue weighted by Gasteiger charge is 2.23. The van der Waals surface area contributed by atoms with Crippen molar-refractivity contribution >= 4 is 41.5 Å². The molecule has 0 amide bonds. The molecule has 2 N–H and O–H groups in total. The van der Waals surface area contributed by atoms with Crippen LogP contribution >= 0.6 is 35.6 Å². The molecule has 0 aliphatic rings. The molecule has 1 aromatic heterocycles. The molecule has 0 atom stereocenters. The first-order chi connectivity index (χ1) is 12.7. The van der Waals surface area contributed by atoms with Crippen LogP contribution in [0.15, 0.2) is 27.7 Å². The predicted molar refractivity (Wildman–Crippen MR) is 124 cm³/mol. The van der Waals surface area contributed by atoms with Gasteiger partial charge in [0.05, 0.1) is 12.2 Å². The molecular weight excluding hydrogens is 494 g/mol. The van der Waals surface area contributed by atoms with E-state index in [1.54, 1.807) is 6.07 Å². The fraction of sp³-hybridized carbons (Fsp3) is 0.500. The number of nitrogens with one attached hydrogen (secondary N) is 2. The molecule has 1 aromatic carbocycles. The molecule has 0 saturated heterocycles. The van der Waals surface area contributed by atoms with Gasteiger partial charge >= 0.3 is 0 Å². The third-order valence-corrected chi connectivity index (χ3v) is 4.80. The van der Waals surface area contributed by atoms with E-state index in [4.69, 9.17) is 21.1 Å². The van der Waals surface area contributed by atoms with Crippen LogP contribution in [-0.2, 0) is 11.8 Å². The van der Waals surface area contributed by atoms with Gasteiger partial charge in [0, 0.05) is 29.1 Å². The molecule has 28 heavy (non-hydrogen) atoms. The highest BCUT2D eigenvalue weighted by atomic mass is 127. The van der Waals surface area contributed by atoms with Gasteiger partial charge in [-0.1, -0.05) is 36.7 Å². The number of hydrogen-bond donors (Lipinski definition) is 2. The van der Waals surface area contributed by atoms with E-state index >= 15 is 0 Å². The van der Waals surface area contributed by atoms with Crippen molar-refractivity contribution in [2.45, 2.75) is 46.5 Å². The van der Waals surface area contributed by atoms with E-state index in [0.29, 0.717) is 18.1 Å². The van der Waals surface area contributed by atoms with Crippen molar-refractivity contribution in [2.24, 2.45) is 4.99 Å². The zero-order chi connectivity index (χ0) is 20.0. The first-order valence-electron chi connectivity index (χ1n) is 9.14. The maximum Gasteiger partial charge on any atom is 0.191 e. The molecule has 0 saturated carbocycles. The molecule has 0 aliphatic carbocycles. The van der Waals surface area contributed by atoms with Crippen molar-refractivity contribution < 1.29 is 8.91 Å². The molecule has 1 heterocycles. The van der Waals surface area contributed by atoms with E-state index in [1.165, 1.54) is 12.1 Å². The van der Waals surface area contributed by atoms with E-state index in [2.05, 4.69) is 15.8 Å². The third kappa shape index (κ3) is 6.62. The van der Waals surface area contributed by atoms with Gasteiger partial charge in [-0.2, -0.15) is 0 Å². The van der Waals surface area contributed by atoms with Crippen LogP contribution in [0.1, 0.15) is 43.4 Å². The zero-order valence-electron chi connectivity index (χ0n) is 17.0. The summed E-state index contributed by atoms with van der Waals surface area (Å²) in [6.07, 6.45) is 0.804. The average molecular weight is 523 g/mol. The second kappa shape index (κ2) is 11.0. The van der Waals surface area contributed by atoms with Gasteiger partial charge in [-0.05, 0) is 44.9 Å². The van der Waals surface area contributed by atoms with Crippen LogP contribution in [0.4, 0.5) is 4.39 Å².